The maximum atomic E-state index is 11.8. The van der Waals surface area contributed by atoms with Crippen molar-refractivity contribution in [3.05, 3.63) is 57.5 Å². The summed E-state index contributed by atoms with van der Waals surface area (Å²) in [5, 5.41) is 6.42. The van der Waals surface area contributed by atoms with Gasteiger partial charge in [-0.15, -0.1) is 0 Å². The van der Waals surface area contributed by atoms with E-state index in [9.17, 15) is 14.4 Å². The highest BCUT2D eigenvalue weighted by molar-refractivity contribution is 6.35. The molecule has 0 spiro atoms. The number of amides is 2. The number of anilines is 2. The molecular formula is C19H17Cl3N2O4. The van der Waals surface area contributed by atoms with Gasteiger partial charge in [0, 0.05) is 28.6 Å². The molecule has 0 atom stereocenters. The molecule has 0 aliphatic carbocycles. The van der Waals surface area contributed by atoms with E-state index in [-0.39, 0.29) is 25.2 Å². The third-order valence-corrected chi connectivity index (χ3v) is 4.26. The first-order chi connectivity index (χ1) is 13.3. The standard InChI is InChI=1S/C19H17Cl3N2O4/c20-12-3-1-4-14(9-12)23-17(25)5-2-6-19(27)28-11-18(26)24-16-10-13(21)7-8-15(16)22/h1,3-4,7-10H,2,5-6,11H2,(H,23,25)(H,24,26). The molecule has 2 aromatic rings. The van der Waals surface area contributed by atoms with Crippen LogP contribution < -0.4 is 10.6 Å². The Morgan fingerprint density at radius 1 is 0.857 bits per heavy atom. The van der Waals surface area contributed by atoms with E-state index in [4.69, 9.17) is 39.5 Å². The van der Waals surface area contributed by atoms with Gasteiger partial charge < -0.3 is 15.4 Å². The van der Waals surface area contributed by atoms with Crippen molar-refractivity contribution >= 4 is 64.0 Å². The van der Waals surface area contributed by atoms with Crippen LogP contribution in [-0.4, -0.2) is 24.4 Å². The first-order valence-electron chi connectivity index (χ1n) is 8.29. The Bertz CT molecular complexity index is 874. The summed E-state index contributed by atoms with van der Waals surface area (Å²) in [6, 6.07) is 11.4. The molecule has 6 nitrogen and oxygen atoms in total. The summed E-state index contributed by atoms with van der Waals surface area (Å²) in [7, 11) is 0. The van der Waals surface area contributed by atoms with Gasteiger partial charge in [-0.2, -0.15) is 0 Å². The molecule has 0 heterocycles. The van der Waals surface area contributed by atoms with E-state index in [1.165, 1.54) is 6.07 Å². The lowest BCUT2D eigenvalue weighted by Gasteiger charge is -2.08. The number of nitrogens with one attached hydrogen (secondary N) is 2. The highest BCUT2D eigenvalue weighted by Gasteiger charge is 2.11. The van der Waals surface area contributed by atoms with Crippen molar-refractivity contribution in [1.82, 2.24) is 0 Å². The van der Waals surface area contributed by atoms with Gasteiger partial charge in [0.25, 0.3) is 5.91 Å². The molecule has 28 heavy (non-hydrogen) atoms. The molecule has 9 heteroatoms. The van der Waals surface area contributed by atoms with Gasteiger partial charge in [-0.3, -0.25) is 14.4 Å². The van der Waals surface area contributed by atoms with Gasteiger partial charge >= 0.3 is 5.97 Å². The van der Waals surface area contributed by atoms with Gasteiger partial charge in [0.1, 0.15) is 0 Å². The predicted octanol–water partition coefficient (Wildman–Crippen LogP) is 4.94. The number of carbonyl (C=O) groups excluding carboxylic acids is 3. The fraction of sp³-hybridized carbons (Fsp3) is 0.211. The lowest BCUT2D eigenvalue weighted by Crippen LogP contribution is -2.21. The third kappa shape index (κ3) is 7.76. The lowest BCUT2D eigenvalue weighted by molar-refractivity contribution is -0.147. The number of rotatable bonds is 8. The van der Waals surface area contributed by atoms with Gasteiger partial charge in [-0.05, 0) is 42.8 Å². The Balaban J connectivity index is 1.66. The van der Waals surface area contributed by atoms with Crippen molar-refractivity contribution in [3.8, 4) is 0 Å². The highest BCUT2D eigenvalue weighted by atomic mass is 35.5. The first-order valence-corrected chi connectivity index (χ1v) is 9.43. The molecule has 0 aliphatic rings. The minimum Gasteiger partial charge on any atom is -0.456 e. The number of hydrogen-bond acceptors (Lipinski definition) is 4. The molecular weight excluding hydrogens is 427 g/mol. The summed E-state index contributed by atoms with van der Waals surface area (Å²) in [6.07, 6.45) is 0.424. The van der Waals surface area contributed by atoms with Gasteiger partial charge in [-0.1, -0.05) is 40.9 Å². The Labute approximate surface area is 177 Å². The second-order valence-corrected chi connectivity index (χ2v) is 7.03. The summed E-state index contributed by atoms with van der Waals surface area (Å²) in [4.78, 5) is 35.4. The molecule has 0 saturated carbocycles. The topological polar surface area (TPSA) is 84.5 Å². The molecule has 0 aromatic heterocycles. The maximum absolute atomic E-state index is 11.8. The van der Waals surface area contributed by atoms with Crippen molar-refractivity contribution in [3.63, 3.8) is 0 Å². The number of halogens is 3. The van der Waals surface area contributed by atoms with Crippen LogP contribution in [0, 0.1) is 0 Å². The van der Waals surface area contributed by atoms with Gasteiger partial charge in [0.2, 0.25) is 5.91 Å². The van der Waals surface area contributed by atoms with E-state index in [2.05, 4.69) is 10.6 Å². The molecule has 2 N–H and O–H groups in total. The summed E-state index contributed by atoms with van der Waals surface area (Å²) < 4.78 is 4.89. The van der Waals surface area contributed by atoms with Crippen LogP contribution in [0.5, 0.6) is 0 Å². The molecule has 2 rings (SSSR count). The Hall–Kier alpha value is -2.28. The molecule has 0 saturated heterocycles. The average molecular weight is 444 g/mol. The van der Waals surface area contributed by atoms with E-state index in [0.29, 0.717) is 26.4 Å². The quantitative estimate of drug-likeness (QED) is 0.566. The summed E-state index contributed by atoms with van der Waals surface area (Å²) in [6.45, 7) is -0.462. The number of carbonyl (C=O) groups is 3. The fourth-order valence-corrected chi connectivity index (χ4v) is 2.71. The van der Waals surface area contributed by atoms with Crippen LogP contribution in [-0.2, 0) is 19.1 Å². The second kappa shape index (κ2) is 10.9. The van der Waals surface area contributed by atoms with E-state index in [0.717, 1.165) is 0 Å². The van der Waals surface area contributed by atoms with Crippen LogP contribution in [0.3, 0.4) is 0 Å². The molecule has 0 fully saturated rings. The number of esters is 1. The minimum atomic E-state index is -0.581. The number of benzene rings is 2. The smallest absolute Gasteiger partial charge is 0.306 e. The Kier molecular flexibility index (Phi) is 8.57. The third-order valence-electron chi connectivity index (χ3n) is 3.46. The zero-order valence-electron chi connectivity index (χ0n) is 14.6. The molecule has 2 aromatic carbocycles. The zero-order chi connectivity index (χ0) is 20.5. The van der Waals surface area contributed by atoms with E-state index in [1.807, 2.05) is 0 Å². The molecule has 0 unspecified atom stereocenters. The normalized spacial score (nSPS) is 10.2. The molecule has 148 valence electrons. The van der Waals surface area contributed by atoms with Crippen molar-refractivity contribution in [2.75, 3.05) is 17.2 Å². The van der Waals surface area contributed by atoms with Crippen molar-refractivity contribution in [1.29, 1.82) is 0 Å². The van der Waals surface area contributed by atoms with Crippen molar-refractivity contribution in [2.45, 2.75) is 19.3 Å². The van der Waals surface area contributed by atoms with Crippen molar-refractivity contribution < 1.29 is 19.1 Å². The Morgan fingerprint density at radius 2 is 1.61 bits per heavy atom. The van der Waals surface area contributed by atoms with E-state index < -0.39 is 18.5 Å². The Morgan fingerprint density at radius 3 is 2.36 bits per heavy atom. The molecule has 2 amide bonds. The molecule has 0 radical (unpaired) electrons. The average Bonchev–Trinajstić information content (AvgIpc) is 2.63. The van der Waals surface area contributed by atoms with Gasteiger partial charge in [0.15, 0.2) is 6.61 Å². The van der Waals surface area contributed by atoms with Gasteiger partial charge in [-0.25, -0.2) is 0 Å². The first kappa shape index (κ1) is 22.0. The maximum Gasteiger partial charge on any atom is 0.306 e. The van der Waals surface area contributed by atoms with Crippen LogP contribution in [0.25, 0.3) is 0 Å². The fourth-order valence-electron chi connectivity index (χ4n) is 2.18. The predicted molar refractivity (Wildman–Crippen MR) is 110 cm³/mol. The van der Waals surface area contributed by atoms with E-state index in [1.54, 1.807) is 36.4 Å². The molecule has 0 bridgehead atoms. The SMILES string of the molecule is O=C(CCCC(=O)OCC(=O)Nc1cc(Cl)ccc1Cl)Nc1cccc(Cl)c1. The number of hydrogen-bond donors (Lipinski definition) is 2. The minimum absolute atomic E-state index is 0.00810. The summed E-state index contributed by atoms with van der Waals surface area (Å²) in [5.74, 6) is -1.37. The second-order valence-electron chi connectivity index (χ2n) is 5.75. The van der Waals surface area contributed by atoms with Gasteiger partial charge in [0.05, 0.1) is 10.7 Å². The zero-order valence-corrected chi connectivity index (χ0v) is 16.9. The van der Waals surface area contributed by atoms with E-state index >= 15 is 0 Å². The van der Waals surface area contributed by atoms with Crippen LogP contribution in [0.2, 0.25) is 15.1 Å². The summed E-state index contributed by atoms with van der Waals surface area (Å²) in [5.41, 5.74) is 0.907. The monoisotopic (exact) mass is 442 g/mol. The van der Waals surface area contributed by atoms with Crippen LogP contribution in [0.15, 0.2) is 42.5 Å². The molecule has 0 aliphatic heterocycles. The largest absolute Gasteiger partial charge is 0.456 e. The highest BCUT2D eigenvalue weighted by Crippen LogP contribution is 2.25. The van der Waals surface area contributed by atoms with Crippen LogP contribution in [0.1, 0.15) is 19.3 Å². The number of ether oxygens (including phenoxy) is 1. The van der Waals surface area contributed by atoms with Crippen LogP contribution in [0.4, 0.5) is 11.4 Å². The van der Waals surface area contributed by atoms with Crippen LogP contribution >= 0.6 is 34.8 Å². The van der Waals surface area contributed by atoms with Crippen molar-refractivity contribution in [2.24, 2.45) is 0 Å². The summed E-state index contributed by atoms with van der Waals surface area (Å²) >= 11 is 17.6. The lowest BCUT2D eigenvalue weighted by atomic mass is 10.2.